The van der Waals surface area contributed by atoms with Crippen molar-refractivity contribution in [3.8, 4) is 5.69 Å². The first-order valence-corrected chi connectivity index (χ1v) is 6.81. The van der Waals surface area contributed by atoms with Crippen LogP contribution in [0.15, 0.2) is 36.5 Å². The molecule has 0 N–H and O–H groups in total. The second-order valence-corrected chi connectivity index (χ2v) is 4.72. The van der Waals surface area contributed by atoms with Crippen LogP contribution >= 0.6 is 0 Å². The Morgan fingerprint density at radius 3 is 2.53 bits per heavy atom. The van der Waals surface area contributed by atoms with Gasteiger partial charge in [-0.2, -0.15) is 0 Å². The van der Waals surface area contributed by atoms with Gasteiger partial charge in [-0.15, -0.1) is 9.36 Å². The Balaban J connectivity index is 0.00000180. The van der Waals surface area contributed by atoms with E-state index >= 15 is 0 Å². The van der Waals surface area contributed by atoms with Gasteiger partial charge in [0, 0.05) is 6.42 Å². The van der Waals surface area contributed by atoms with Crippen molar-refractivity contribution in [1.29, 1.82) is 0 Å². The van der Waals surface area contributed by atoms with Crippen LogP contribution in [0.3, 0.4) is 0 Å². The van der Waals surface area contributed by atoms with Crippen LogP contribution in [0.1, 0.15) is 38.3 Å². The van der Waals surface area contributed by atoms with Gasteiger partial charge in [-0.25, -0.2) is 0 Å². The number of aromatic nitrogens is 3. The SMILES string of the molecule is CCCCCCc1c[n+](-c2ccccc2)nn1C.[I-]. The van der Waals surface area contributed by atoms with Crippen LogP contribution in [0.5, 0.6) is 0 Å². The van der Waals surface area contributed by atoms with Crippen molar-refractivity contribution in [3.05, 3.63) is 42.2 Å². The Labute approximate surface area is 132 Å². The molecule has 4 heteroatoms. The Morgan fingerprint density at radius 2 is 1.84 bits per heavy atom. The van der Waals surface area contributed by atoms with Gasteiger partial charge in [-0.05, 0) is 18.6 Å². The molecule has 0 unspecified atom stereocenters. The number of nitrogens with zero attached hydrogens (tertiary/aromatic N) is 3. The van der Waals surface area contributed by atoms with Gasteiger partial charge in [0.15, 0.2) is 17.6 Å². The molecule has 2 aromatic rings. The van der Waals surface area contributed by atoms with Gasteiger partial charge in [-0.1, -0.05) is 44.4 Å². The van der Waals surface area contributed by atoms with Crippen LogP contribution in [-0.4, -0.2) is 9.90 Å². The number of rotatable bonds is 6. The van der Waals surface area contributed by atoms with E-state index in [9.17, 15) is 0 Å². The Morgan fingerprint density at radius 1 is 1.11 bits per heavy atom. The zero-order valence-electron chi connectivity index (χ0n) is 11.7. The summed E-state index contributed by atoms with van der Waals surface area (Å²) in [4.78, 5) is 0. The van der Waals surface area contributed by atoms with Crippen LogP contribution in [0.2, 0.25) is 0 Å². The molecule has 0 atom stereocenters. The molecule has 0 spiro atoms. The molecule has 104 valence electrons. The Kier molecular flexibility index (Phi) is 7.05. The van der Waals surface area contributed by atoms with Crippen LogP contribution in [0, 0.1) is 0 Å². The zero-order valence-corrected chi connectivity index (χ0v) is 13.9. The van der Waals surface area contributed by atoms with Gasteiger partial charge in [0.1, 0.15) is 7.05 Å². The minimum atomic E-state index is 0. The van der Waals surface area contributed by atoms with Crippen molar-refractivity contribution < 1.29 is 28.7 Å². The fraction of sp³-hybridized carbons (Fsp3) is 0.467. The molecule has 1 heterocycles. The van der Waals surface area contributed by atoms with Crippen LogP contribution in [-0.2, 0) is 13.5 Å². The third kappa shape index (κ3) is 4.60. The van der Waals surface area contributed by atoms with E-state index in [4.69, 9.17) is 0 Å². The number of unbranched alkanes of at least 4 members (excludes halogenated alkanes) is 3. The predicted octanol–water partition coefficient (Wildman–Crippen LogP) is -0.176. The highest BCUT2D eigenvalue weighted by Crippen LogP contribution is 2.06. The third-order valence-corrected chi connectivity index (χ3v) is 3.22. The van der Waals surface area contributed by atoms with Crippen LogP contribution in [0.4, 0.5) is 0 Å². The topological polar surface area (TPSA) is 21.7 Å². The summed E-state index contributed by atoms with van der Waals surface area (Å²) in [5.74, 6) is 0. The quantitative estimate of drug-likeness (QED) is 0.393. The lowest BCUT2D eigenvalue weighted by atomic mass is 10.1. The lowest BCUT2D eigenvalue weighted by Crippen LogP contribution is -3.00. The number of benzene rings is 1. The van der Waals surface area contributed by atoms with E-state index in [2.05, 4.69) is 30.5 Å². The molecule has 0 radical (unpaired) electrons. The molecule has 19 heavy (non-hydrogen) atoms. The smallest absolute Gasteiger partial charge is 0.167 e. The molecule has 1 aromatic carbocycles. The van der Waals surface area contributed by atoms with Crippen molar-refractivity contribution in [2.75, 3.05) is 0 Å². The number of aryl methyl sites for hydroxylation is 2. The number of hydrogen-bond donors (Lipinski definition) is 0. The van der Waals surface area contributed by atoms with Crippen LogP contribution < -0.4 is 28.7 Å². The largest absolute Gasteiger partial charge is 1.00 e. The van der Waals surface area contributed by atoms with Gasteiger partial charge >= 0.3 is 0 Å². The number of para-hydroxylation sites is 1. The lowest BCUT2D eigenvalue weighted by molar-refractivity contribution is -0.661. The summed E-state index contributed by atoms with van der Waals surface area (Å²) in [6.45, 7) is 2.24. The molecule has 0 amide bonds. The van der Waals surface area contributed by atoms with Crippen molar-refractivity contribution in [1.82, 2.24) is 9.90 Å². The first-order valence-electron chi connectivity index (χ1n) is 6.81. The zero-order chi connectivity index (χ0) is 12.8. The second-order valence-electron chi connectivity index (χ2n) is 4.72. The maximum atomic E-state index is 4.51. The molecule has 0 fully saturated rings. The van der Waals surface area contributed by atoms with Crippen LogP contribution in [0.25, 0.3) is 5.69 Å². The average molecular weight is 371 g/mol. The van der Waals surface area contributed by atoms with E-state index in [1.54, 1.807) is 0 Å². The molecule has 0 saturated carbocycles. The molecular weight excluding hydrogens is 349 g/mol. The molecule has 1 aromatic heterocycles. The highest BCUT2D eigenvalue weighted by Gasteiger charge is 2.13. The third-order valence-electron chi connectivity index (χ3n) is 3.22. The molecule has 0 aliphatic carbocycles. The molecule has 2 rings (SSSR count). The van der Waals surface area contributed by atoms with Gasteiger partial charge in [0.25, 0.3) is 0 Å². The predicted molar refractivity (Wildman–Crippen MR) is 72.6 cm³/mol. The molecule has 0 bridgehead atoms. The van der Waals surface area contributed by atoms with E-state index in [1.807, 2.05) is 34.6 Å². The van der Waals surface area contributed by atoms with E-state index < -0.39 is 0 Å². The lowest BCUT2D eigenvalue weighted by Gasteiger charge is -1.95. The van der Waals surface area contributed by atoms with E-state index in [0.717, 1.165) is 12.1 Å². The number of hydrogen-bond acceptors (Lipinski definition) is 1. The number of halogens is 1. The summed E-state index contributed by atoms with van der Waals surface area (Å²) in [6, 6.07) is 10.3. The highest BCUT2D eigenvalue weighted by atomic mass is 127. The minimum Gasteiger partial charge on any atom is -1.00 e. The van der Waals surface area contributed by atoms with Gasteiger partial charge < -0.3 is 24.0 Å². The summed E-state index contributed by atoms with van der Waals surface area (Å²) in [7, 11) is 2.02. The Bertz CT molecular complexity index is 479. The van der Waals surface area contributed by atoms with Crippen molar-refractivity contribution >= 4 is 0 Å². The molecule has 0 aliphatic heterocycles. The standard InChI is InChI=1S/C15H22N3.HI/c1-3-4-5-7-12-15-13-18(16-17(15)2)14-10-8-6-9-11-14;/h6,8-11,13H,3-5,7,12H2,1-2H3;1H/q+1;/p-1. The maximum Gasteiger partial charge on any atom is 0.167 e. The molecule has 0 saturated heterocycles. The minimum absolute atomic E-state index is 0. The average Bonchev–Trinajstić information content (AvgIpc) is 2.77. The monoisotopic (exact) mass is 371 g/mol. The summed E-state index contributed by atoms with van der Waals surface area (Å²) < 4.78 is 3.94. The summed E-state index contributed by atoms with van der Waals surface area (Å²) in [5.41, 5.74) is 2.42. The van der Waals surface area contributed by atoms with E-state index in [1.165, 1.54) is 31.4 Å². The van der Waals surface area contributed by atoms with E-state index in [0.29, 0.717) is 0 Å². The van der Waals surface area contributed by atoms with Gasteiger partial charge in [0.2, 0.25) is 0 Å². The maximum absolute atomic E-state index is 4.51. The summed E-state index contributed by atoms with van der Waals surface area (Å²) in [6.07, 6.45) is 8.44. The second kappa shape index (κ2) is 8.30. The van der Waals surface area contributed by atoms with Gasteiger partial charge in [-0.3, -0.25) is 0 Å². The fourth-order valence-corrected chi connectivity index (χ4v) is 2.12. The molecular formula is C15H22IN3. The van der Waals surface area contributed by atoms with Crippen molar-refractivity contribution in [2.45, 2.75) is 39.0 Å². The van der Waals surface area contributed by atoms with Gasteiger partial charge in [0.05, 0.1) is 5.21 Å². The molecule has 3 nitrogen and oxygen atoms in total. The van der Waals surface area contributed by atoms with Crippen molar-refractivity contribution in [2.24, 2.45) is 7.05 Å². The van der Waals surface area contributed by atoms with E-state index in [-0.39, 0.29) is 24.0 Å². The Hall–Kier alpha value is -0.910. The van der Waals surface area contributed by atoms with Crippen molar-refractivity contribution in [3.63, 3.8) is 0 Å². The first kappa shape index (κ1) is 16.1. The summed E-state index contributed by atoms with van der Waals surface area (Å²) >= 11 is 0. The molecule has 0 aliphatic rings. The summed E-state index contributed by atoms with van der Waals surface area (Å²) in [5, 5.41) is 4.51. The highest BCUT2D eigenvalue weighted by molar-refractivity contribution is 5.20. The normalized spacial score (nSPS) is 10.2. The fourth-order valence-electron chi connectivity index (χ4n) is 2.12. The first-order chi connectivity index (χ1) is 8.81.